The summed E-state index contributed by atoms with van der Waals surface area (Å²) >= 11 is 0. The summed E-state index contributed by atoms with van der Waals surface area (Å²) < 4.78 is 16.9. The first kappa shape index (κ1) is 67.1. The van der Waals surface area contributed by atoms with Crippen LogP contribution in [0.3, 0.4) is 0 Å². The van der Waals surface area contributed by atoms with Crippen molar-refractivity contribution in [2.45, 2.75) is 316 Å². The fourth-order valence-corrected chi connectivity index (χ4v) is 8.68. The van der Waals surface area contributed by atoms with Gasteiger partial charge in [-0.1, -0.05) is 248 Å². The lowest BCUT2D eigenvalue weighted by Gasteiger charge is -2.18. The molecule has 0 amide bonds. The Morgan fingerprint density at radius 1 is 0.300 bits per heavy atom. The van der Waals surface area contributed by atoms with Crippen molar-refractivity contribution in [3.8, 4) is 0 Å². The summed E-state index contributed by atoms with van der Waals surface area (Å²) in [6.45, 7) is 6.52. The van der Waals surface area contributed by atoms with Crippen molar-refractivity contribution in [3.05, 3.63) is 60.8 Å². The molecule has 0 rings (SSSR count). The van der Waals surface area contributed by atoms with E-state index in [4.69, 9.17) is 14.2 Å². The van der Waals surface area contributed by atoms with Crippen molar-refractivity contribution in [1.82, 2.24) is 0 Å². The van der Waals surface area contributed by atoms with Crippen molar-refractivity contribution >= 4 is 17.9 Å². The largest absolute Gasteiger partial charge is 0.462 e. The number of ether oxygens (including phenoxy) is 3. The minimum Gasteiger partial charge on any atom is -0.462 e. The lowest BCUT2D eigenvalue weighted by molar-refractivity contribution is -0.167. The Morgan fingerprint density at radius 3 is 0.900 bits per heavy atom. The molecule has 406 valence electrons. The summed E-state index contributed by atoms with van der Waals surface area (Å²) in [6.07, 6.45) is 73.7. The van der Waals surface area contributed by atoms with Crippen molar-refractivity contribution in [2.75, 3.05) is 13.2 Å². The third kappa shape index (κ3) is 56.0. The van der Waals surface area contributed by atoms with E-state index in [-0.39, 0.29) is 31.1 Å². The molecule has 70 heavy (non-hydrogen) atoms. The first-order valence-corrected chi connectivity index (χ1v) is 30.3. The third-order valence-electron chi connectivity index (χ3n) is 13.2. The van der Waals surface area contributed by atoms with Crippen LogP contribution in [-0.2, 0) is 28.6 Å². The molecule has 0 aromatic carbocycles. The first-order chi connectivity index (χ1) is 34.5. The second-order valence-electron chi connectivity index (χ2n) is 20.2. The molecule has 0 aromatic rings. The maximum Gasteiger partial charge on any atom is 0.306 e. The topological polar surface area (TPSA) is 78.9 Å². The molecule has 0 aliphatic rings. The van der Waals surface area contributed by atoms with Crippen LogP contribution in [0.5, 0.6) is 0 Å². The van der Waals surface area contributed by atoms with Crippen LogP contribution in [0.25, 0.3) is 0 Å². The molecule has 1 atom stereocenters. The molecule has 0 N–H and O–H groups in total. The van der Waals surface area contributed by atoms with E-state index in [2.05, 4.69) is 81.5 Å². The maximum atomic E-state index is 12.9. The fourth-order valence-electron chi connectivity index (χ4n) is 8.68. The predicted molar refractivity (Wildman–Crippen MR) is 302 cm³/mol. The summed E-state index contributed by atoms with van der Waals surface area (Å²) in [4.78, 5) is 38.2. The zero-order valence-corrected chi connectivity index (χ0v) is 46.5. The van der Waals surface area contributed by atoms with Gasteiger partial charge in [0, 0.05) is 19.3 Å². The van der Waals surface area contributed by atoms with Crippen LogP contribution < -0.4 is 0 Å². The Balaban J connectivity index is 4.32. The Hall–Kier alpha value is -2.89. The molecule has 6 heteroatoms. The average Bonchev–Trinajstić information content (AvgIpc) is 3.36. The molecule has 0 radical (unpaired) electrons. The summed E-state index contributed by atoms with van der Waals surface area (Å²) in [7, 11) is 0. The van der Waals surface area contributed by atoms with Crippen LogP contribution in [0.15, 0.2) is 60.8 Å². The Morgan fingerprint density at radius 2 is 0.557 bits per heavy atom. The van der Waals surface area contributed by atoms with Gasteiger partial charge < -0.3 is 14.2 Å². The zero-order valence-electron chi connectivity index (χ0n) is 46.5. The normalized spacial score (nSPS) is 12.4. The third-order valence-corrected chi connectivity index (χ3v) is 13.2. The van der Waals surface area contributed by atoms with Gasteiger partial charge in [0.05, 0.1) is 0 Å². The molecule has 6 nitrogen and oxygen atoms in total. The van der Waals surface area contributed by atoms with Crippen LogP contribution in [0.2, 0.25) is 0 Å². The van der Waals surface area contributed by atoms with Crippen molar-refractivity contribution < 1.29 is 28.6 Å². The summed E-state index contributed by atoms with van der Waals surface area (Å²) in [5.74, 6) is -0.914. The highest BCUT2D eigenvalue weighted by molar-refractivity contribution is 5.71. The summed E-state index contributed by atoms with van der Waals surface area (Å²) in [5.41, 5.74) is 0. The van der Waals surface area contributed by atoms with E-state index < -0.39 is 6.10 Å². The predicted octanol–water partition coefficient (Wildman–Crippen LogP) is 20.4. The van der Waals surface area contributed by atoms with E-state index in [0.717, 1.165) is 96.3 Å². The smallest absolute Gasteiger partial charge is 0.306 e. The van der Waals surface area contributed by atoms with Gasteiger partial charge in [-0.2, -0.15) is 0 Å². The zero-order chi connectivity index (χ0) is 50.7. The van der Waals surface area contributed by atoms with Gasteiger partial charge in [0.1, 0.15) is 13.2 Å². The number of unbranched alkanes of at least 4 members (excludes halogenated alkanes) is 34. The number of hydrogen-bond acceptors (Lipinski definition) is 6. The highest BCUT2D eigenvalue weighted by Gasteiger charge is 2.19. The summed E-state index contributed by atoms with van der Waals surface area (Å²) in [5, 5.41) is 0. The number of carbonyl (C=O) groups excluding carboxylic acids is 3. The minimum absolute atomic E-state index is 0.0860. The van der Waals surface area contributed by atoms with Gasteiger partial charge in [-0.3, -0.25) is 14.4 Å². The molecule has 0 fully saturated rings. The highest BCUT2D eigenvalue weighted by atomic mass is 16.6. The number of rotatable bonds is 55. The van der Waals surface area contributed by atoms with Crippen molar-refractivity contribution in [1.29, 1.82) is 0 Å². The van der Waals surface area contributed by atoms with Gasteiger partial charge in [-0.25, -0.2) is 0 Å². The SMILES string of the molecule is CC/C=C\C/C=C\C/C=C\CCCCCC(=O)OCC(COC(=O)CCCCCCCCCCCCC/C=C\CCCCCCCCCC)OC(=O)CCCCCCC/C=C\CCCCCCCCC. The van der Waals surface area contributed by atoms with Gasteiger partial charge in [-0.15, -0.1) is 0 Å². The van der Waals surface area contributed by atoms with Crippen LogP contribution in [0.4, 0.5) is 0 Å². The standard InChI is InChI=1S/C64H114O6/c1-4-7-10-13-16-19-22-25-27-29-30-31-32-33-34-35-37-39-42-45-48-51-54-57-63(66)69-60-61(59-68-62(65)56-53-50-47-44-41-38-24-21-18-15-12-9-6-3)70-64(67)58-55-52-49-46-43-40-36-28-26-23-20-17-14-11-8-5-2/h9,12,18,21,28-30,36,38,41,61H,4-8,10-11,13-17,19-20,22-27,31-35,37,39-40,42-60H2,1-3H3/b12-9-,21-18-,30-29-,36-28-,41-38-. The molecule has 0 aromatic heterocycles. The molecule has 0 saturated heterocycles. The van der Waals surface area contributed by atoms with Crippen LogP contribution >= 0.6 is 0 Å². The number of hydrogen-bond donors (Lipinski definition) is 0. The molecular weight excluding hydrogens is 865 g/mol. The molecule has 0 saturated carbocycles. The Labute approximate surface area is 434 Å². The average molecular weight is 980 g/mol. The number of allylic oxidation sites excluding steroid dienone is 10. The second kappa shape index (κ2) is 58.7. The molecule has 0 spiro atoms. The van der Waals surface area contributed by atoms with Gasteiger partial charge >= 0.3 is 17.9 Å². The summed E-state index contributed by atoms with van der Waals surface area (Å²) in [6, 6.07) is 0. The molecule has 1 unspecified atom stereocenters. The van der Waals surface area contributed by atoms with E-state index in [9.17, 15) is 14.4 Å². The van der Waals surface area contributed by atoms with Gasteiger partial charge in [0.25, 0.3) is 0 Å². The van der Waals surface area contributed by atoms with E-state index in [0.29, 0.717) is 19.3 Å². The highest BCUT2D eigenvalue weighted by Crippen LogP contribution is 2.16. The first-order valence-electron chi connectivity index (χ1n) is 30.3. The molecule has 0 aliphatic heterocycles. The lowest BCUT2D eigenvalue weighted by Crippen LogP contribution is -2.30. The van der Waals surface area contributed by atoms with Crippen LogP contribution in [0.1, 0.15) is 310 Å². The van der Waals surface area contributed by atoms with Crippen LogP contribution in [0, 0.1) is 0 Å². The minimum atomic E-state index is -0.790. The molecule has 0 aliphatic carbocycles. The lowest BCUT2D eigenvalue weighted by atomic mass is 10.0. The van der Waals surface area contributed by atoms with Crippen LogP contribution in [-0.4, -0.2) is 37.2 Å². The molecular formula is C64H114O6. The monoisotopic (exact) mass is 979 g/mol. The van der Waals surface area contributed by atoms with Crippen molar-refractivity contribution in [2.24, 2.45) is 0 Å². The Kier molecular flexibility index (Phi) is 56.3. The quantitative estimate of drug-likeness (QED) is 0.0261. The number of carbonyl (C=O) groups is 3. The maximum absolute atomic E-state index is 12.9. The van der Waals surface area contributed by atoms with E-state index in [1.807, 2.05) is 0 Å². The van der Waals surface area contributed by atoms with Gasteiger partial charge in [-0.05, 0) is 103 Å². The number of esters is 3. The second-order valence-corrected chi connectivity index (χ2v) is 20.2. The van der Waals surface area contributed by atoms with E-state index >= 15 is 0 Å². The Bertz CT molecular complexity index is 1260. The van der Waals surface area contributed by atoms with Gasteiger partial charge in [0.2, 0.25) is 0 Å². The van der Waals surface area contributed by atoms with E-state index in [1.165, 1.54) is 173 Å². The molecule has 0 heterocycles. The fraction of sp³-hybridized carbons (Fsp3) is 0.797. The van der Waals surface area contributed by atoms with Gasteiger partial charge in [0.15, 0.2) is 6.10 Å². The van der Waals surface area contributed by atoms with Crippen molar-refractivity contribution in [3.63, 3.8) is 0 Å². The van der Waals surface area contributed by atoms with E-state index in [1.54, 1.807) is 0 Å². The molecule has 0 bridgehead atoms.